The average molecular weight is 469 g/mol. The number of hydrogen-bond donors (Lipinski definition) is 4. The highest BCUT2D eigenvalue weighted by molar-refractivity contribution is 5.85. The van der Waals surface area contributed by atoms with Crippen molar-refractivity contribution in [3.8, 4) is 11.1 Å². The lowest BCUT2D eigenvalue weighted by atomic mass is 9.98. The first-order chi connectivity index (χ1) is 16.3. The van der Waals surface area contributed by atoms with E-state index in [-0.39, 0.29) is 19.1 Å². The van der Waals surface area contributed by atoms with Crippen LogP contribution in [0.4, 0.5) is 4.79 Å². The van der Waals surface area contributed by atoms with Crippen molar-refractivity contribution >= 4 is 18.0 Å². The van der Waals surface area contributed by atoms with Gasteiger partial charge in [-0.3, -0.25) is 9.59 Å². The molecule has 3 rings (SSSR count). The number of benzene rings is 2. The minimum Gasteiger partial charge on any atom is -0.481 e. The van der Waals surface area contributed by atoms with Gasteiger partial charge in [-0.25, -0.2) is 4.79 Å². The molecular formula is C26H32N2O6. The summed E-state index contributed by atoms with van der Waals surface area (Å²) in [4.78, 5) is 36.0. The van der Waals surface area contributed by atoms with Crippen molar-refractivity contribution in [2.75, 3.05) is 13.2 Å². The van der Waals surface area contributed by atoms with E-state index in [9.17, 15) is 19.5 Å². The highest BCUT2D eigenvalue weighted by Crippen LogP contribution is 2.44. The van der Waals surface area contributed by atoms with Crippen molar-refractivity contribution in [3.05, 3.63) is 59.7 Å². The van der Waals surface area contributed by atoms with Gasteiger partial charge in [0.1, 0.15) is 12.6 Å². The average Bonchev–Trinajstić information content (AvgIpc) is 3.12. The number of rotatable bonds is 11. The largest absolute Gasteiger partial charge is 0.481 e. The third-order valence-electron chi connectivity index (χ3n) is 5.91. The molecule has 8 heteroatoms. The Kier molecular flexibility index (Phi) is 8.65. The van der Waals surface area contributed by atoms with Crippen LogP contribution in [0.25, 0.3) is 11.1 Å². The van der Waals surface area contributed by atoms with Crippen LogP contribution < -0.4 is 10.6 Å². The van der Waals surface area contributed by atoms with Crippen LogP contribution in [-0.4, -0.2) is 53.5 Å². The molecule has 1 aliphatic carbocycles. The fourth-order valence-corrected chi connectivity index (χ4v) is 4.17. The summed E-state index contributed by atoms with van der Waals surface area (Å²) in [6.07, 6.45) is -1.29. The molecule has 0 aromatic heterocycles. The van der Waals surface area contributed by atoms with Crippen molar-refractivity contribution in [1.82, 2.24) is 10.6 Å². The lowest BCUT2D eigenvalue weighted by molar-refractivity contribution is -0.139. The zero-order valence-electron chi connectivity index (χ0n) is 19.5. The second kappa shape index (κ2) is 11.7. The van der Waals surface area contributed by atoms with Gasteiger partial charge in [0.15, 0.2) is 0 Å². The molecule has 2 aromatic carbocycles. The van der Waals surface area contributed by atoms with Gasteiger partial charge < -0.3 is 25.6 Å². The predicted molar refractivity (Wildman–Crippen MR) is 127 cm³/mol. The summed E-state index contributed by atoms with van der Waals surface area (Å²) < 4.78 is 5.55. The molecule has 8 nitrogen and oxygen atoms in total. The highest BCUT2D eigenvalue weighted by atomic mass is 16.5. The van der Waals surface area contributed by atoms with Crippen LogP contribution in [0, 0.1) is 5.92 Å². The van der Waals surface area contributed by atoms with E-state index >= 15 is 0 Å². The molecule has 0 saturated heterocycles. The molecule has 0 heterocycles. The molecule has 1 aliphatic rings. The molecule has 2 unspecified atom stereocenters. The molecule has 34 heavy (non-hydrogen) atoms. The summed E-state index contributed by atoms with van der Waals surface area (Å²) in [6.45, 7) is 3.95. The number of nitrogens with one attached hydrogen (secondary N) is 2. The molecule has 0 saturated carbocycles. The summed E-state index contributed by atoms with van der Waals surface area (Å²) in [5.74, 6) is -1.42. The molecule has 0 spiro atoms. The number of aliphatic hydroxyl groups is 1. The second-order valence-electron chi connectivity index (χ2n) is 8.99. The van der Waals surface area contributed by atoms with Gasteiger partial charge in [0, 0.05) is 12.5 Å². The van der Waals surface area contributed by atoms with E-state index in [0.717, 1.165) is 22.3 Å². The summed E-state index contributed by atoms with van der Waals surface area (Å²) in [6, 6.07) is 15.2. The maximum absolute atomic E-state index is 12.6. The van der Waals surface area contributed by atoms with Gasteiger partial charge >= 0.3 is 12.1 Å². The molecule has 0 fully saturated rings. The van der Waals surface area contributed by atoms with Crippen LogP contribution in [0.2, 0.25) is 0 Å². The van der Waals surface area contributed by atoms with Gasteiger partial charge in [0.05, 0.1) is 12.5 Å². The third kappa shape index (κ3) is 6.57. The van der Waals surface area contributed by atoms with E-state index in [4.69, 9.17) is 9.84 Å². The fraction of sp³-hybridized carbons (Fsp3) is 0.423. The zero-order valence-corrected chi connectivity index (χ0v) is 19.5. The van der Waals surface area contributed by atoms with Gasteiger partial charge in [0.25, 0.3) is 0 Å². The van der Waals surface area contributed by atoms with Gasteiger partial charge in [-0.2, -0.15) is 0 Å². The lowest BCUT2D eigenvalue weighted by Gasteiger charge is -2.21. The lowest BCUT2D eigenvalue weighted by Crippen LogP contribution is -2.48. The van der Waals surface area contributed by atoms with Crippen molar-refractivity contribution in [3.63, 3.8) is 0 Å². The Bertz CT molecular complexity index is 976. The van der Waals surface area contributed by atoms with E-state index < -0.39 is 36.5 Å². The van der Waals surface area contributed by atoms with Crippen LogP contribution in [0.15, 0.2) is 48.5 Å². The zero-order chi connectivity index (χ0) is 24.7. The first-order valence-corrected chi connectivity index (χ1v) is 11.5. The van der Waals surface area contributed by atoms with Gasteiger partial charge in [0.2, 0.25) is 5.91 Å². The number of hydrogen-bond acceptors (Lipinski definition) is 5. The second-order valence-corrected chi connectivity index (χ2v) is 8.99. The highest BCUT2D eigenvalue weighted by Gasteiger charge is 2.30. The molecule has 2 atom stereocenters. The number of aliphatic carboxylic acids is 1. The number of aliphatic hydroxyl groups excluding tert-OH is 1. The number of ether oxygens (including phenoxy) is 1. The molecule has 0 bridgehead atoms. The monoisotopic (exact) mass is 468 g/mol. The number of alkyl carbamates (subject to hydrolysis) is 1. The van der Waals surface area contributed by atoms with Crippen LogP contribution in [0.5, 0.6) is 0 Å². The molecular weight excluding hydrogens is 436 g/mol. The Morgan fingerprint density at radius 1 is 0.971 bits per heavy atom. The Hall–Kier alpha value is -3.39. The van der Waals surface area contributed by atoms with Crippen molar-refractivity contribution < 1.29 is 29.3 Å². The SMILES string of the molecule is CC(C)CCC(NC(=O)OCC1c2ccccc2-c2ccccc21)C(=O)NCC(O)CC(=O)O. The van der Waals surface area contributed by atoms with Crippen LogP contribution >= 0.6 is 0 Å². The van der Waals surface area contributed by atoms with Crippen molar-refractivity contribution in [2.45, 2.75) is 51.2 Å². The van der Waals surface area contributed by atoms with Crippen molar-refractivity contribution in [2.24, 2.45) is 5.92 Å². The normalized spacial score (nSPS) is 14.1. The van der Waals surface area contributed by atoms with E-state index in [0.29, 0.717) is 18.8 Å². The standard InChI is InChI=1S/C26H32N2O6/c1-16(2)11-12-23(25(32)27-14-17(29)13-24(30)31)28-26(33)34-15-22-20-9-5-3-7-18(20)19-8-4-6-10-21(19)22/h3-10,16-17,22-23,29H,11-15H2,1-2H3,(H,27,32)(H,28,33)(H,30,31). The number of amides is 2. The van der Waals surface area contributed by atoms with Crippen LogP contribution in [-0.2, 0) is 14.3 Å². The van der Waals surface area contributed by atoms with Gasteiger partial charge in [-0.1, -0.05) is 62.4 Å². The number of fused-ring (bicyclic) bond motifs is 3. The van der Waals surface area contributed by atoms with Crippen LogP contribution in [0.1, 0.15) is 50.2 Å². The Labute approximate surface area is 199 Å². The molecule has 182 valence electrons. The molecule has 4 N–H and O–H groups in total. The third-order valence-corrected chi connectivity index (χ3v) is 5.91. The predicted octanol–water partition coefficient (Wildman–Crippen LogP) is 3.28. The molecule has 2 amide bonds. The molecule has 0 aliphatic heterocycles. The number of carbonyl (C=O) groups is 3. The quantitative estimate of drug-likeness (QED) is 0.401. The Balaban J connectivity index is 1.61. The van der Waals surface area contributed by atoms with Gasteiger partial charge in [-0.05, 0) is 41.0 Å². The summed E-state index contributed by atoms with van der Waals surface area (Å²) in [5.41, 5.74) is 4.44. The Morgan fingerprint density at radius 3 is 2.12 bits per heavy atom. The number of carboxylic acids is 1. The summed E-state index contributed by atoms with van der Waals surface area (Å²) in [7, 11) is 0. The minimum absolute atomic E-state index is 0.0905. The van der Waals surface area contributed by atoms with E-state index in [1.807, 2.05) is 50.2 Å². The topological polar surface area (TPSA) is 125 Å². The maximum atomic E-state index is 12.6. The van der Waals surface area contributed by atoms with Gasteiger partial charge in [-0.15, -0.1) is 0 Å². The van der Waals surface area contributed by atoms with E-state index in [1.54, 1.807) is 0 Å². The smallest absolute Gasteiger partial charge is 0.407 e. The molecule has 2 aromatic rings. The first kappa shape index (κ1) is 25.2. The van der Waals surface area contributed by atoms with E-state index in [1.165, 1.54) is 0 Å². The fourth-order valence-electron chi connectivity index (χ4n) is 4.17. The maximum Gasteiger partial charge on any atom is 0.407 e. The minimum atomic E-state index is -1.21. The number of carboxylic acid groups (broad SMARTS) is 1. The van der Waals surface area contributed by atoms with E-state index in [2.05, 4.69) is 22.8 Å². The van der Waals surface area contributed by atoms with Crippen LogP contribution in [0.3, 0.4) is 0 Å². The van der Waals surface area contributed by atoms with Crippen molar-refractivity contribution in [1.29, 1.82) is 0 Å². The first-order valence-electron chi connectivity index (χ1n) is 11.5. The summed E-state index contributed by atoms with van der Waals surface area (Å²) in [5, 5.41) is 23.6. The summed E-state index contributed by atoms with van der Waals surface area (Å²) >= 11 is 0. The number of carbonyl (C=O) groups excluding carboxylic acids is 2. The Morgan fingerprint density at radius 2 is 1.56 bits per heavy atom. The molecule has 0 radical (unpaired) electrons.